The fraction of sp³-hybridized carbons (Fsp3) is 0.438. The number of hydrogen-bond acceptors (Lipinski definition) is 4. The first-order valence-corrected chi connectivity index (χ1v) is 7.73. The average Bonchev–Trinajstić information content (AvgIpc) is 2.80. The second-order valence-electron chi connectivity index (χ2n) is 6.48. The van der Waals surface area contributed by atoms with Crippen molar-refractivity contribution in [3.8, 4) is 11.3 Å². The summed E-state index contributed by atoms with van der Waals surface area (Å²) in [7, 11) is 3.34. The van der Waals surface area contributed by atoms with Crippen molar-refractivity contribution in [3.05, 3.63) is 35.0 Å². The predicted molar refractivity (Wildman–Crippen MR) is 89.1 cm³/mol. The first-order valence-electron chi connectivity index (χ1n) is 7.35. The van der Waals surface area contributed by atoms with Gasteiger partial charge in [0.05, 0.1) is 6.54 Å². The lowest BCUT2D eigenvalue weighted by Crippen LogP contribution is -2.33. The molecule has 6 nitrogen and oxygen atoms in total. The van der Waals surface area contributed by atoms with E-state index in [4.69, 9.17) is 16.3 Å². The molecular formula is C16H20ClFN4O2. The van der Waals surface area contributed by atoms with E-state index in [1.807, 2.05) is 0 Å². The third kappa shape index (κ3) is 4.23. The van der Waals surface area contributed by atoms with Crippen molar-refractivity contribution in [2.75, 3.05) is 7.05 Å². The van der Waals surface area contributed by atoms with E-state index in [0.29, 0.717) is 11.3 Å². The van der Waals surface area contributed by atoms with Crippen LogP contribution in [0.2, 0.25) is 5.15 Å². The number of carbonyl (C=O) groups excluding carboxylic acids is 1. The molecule has 8 heteroatoms. The minimum atomic E-state index is -0.640. The summed E-state index contributed by atoms with van der Waals surface area (Å²) in [4.78, 5) is 17.2. The van der Waals surface area contributed by atoms with Crippen molar-refractivity contribution >= 4 is 17.7 Å². The number of aryl methyl sites for hydroxylation is 1. The number of amides is 1. The molecule has 1 amide bonds. The lowest BCUT2D eigenvalue weighted by atomic mass is 10.1. The summed E-state index contributed by atoms with van der Waals surface area (Å²) >= 11 is 5.75. The van der Waals surface area contributed by atoms with E-state index in [9.17, 15) is 9.18 Å². The minimum absolute atomic E-state index is 0.218. The number of ether oxygens (including phenoxy) is 1. The summed E-state index contributed by atoms with van der Waals surface area (Å²) < 4.78 is 21.1. The van der Waals surface area contributed by atoms with Crippen LogP contribution in [0.3, 0.4) is 0 Å². The molecule has 2 aromatic rings. The maximum atomic E-state index is 14.2. The van der Waals surface area contributed by atoms with Gasteiger partial charge in [-0.15, -0.1) is 0 Å². The van der Waals surface area contributed by atoms with Gasteiger partial charge in [-0.2, -0.15) is 5.10 Å². The van der Waals surface area contributed by atoms with Crippen LogP contribution in [-0.2, 0) is 18.3 Å². The van der Waals surface area contributed by atoms with E-state index in [-0.39, 0.29) is 17.3 Å². The highest BCUT2D eigenvalue weighted by atomic mass is 35.5. The van der Waals surface area contributed by atoms with Gasteiger partial charge in [0.25, 0.3) is 0 Å². The molecule has 0 atom stereocenters. The summed E-state index contributed by atoms with van der Waals surface area (Å²) in [5, 5.41) is 4.06. The highest BCUT2D eigenvalue weighted by Gasteiger charge is 2.22. The predicted octanol–water partition coefficient (Wildman–Crippen LogP) is 3.64. The Kier molecular flexibility index (Phi) is 5.13. The number of carbonyl (C=O) groups is 1. The van der Waals surface area contributed by atoms with Gasteiger partial charge < -0.3 is 9.64 Å². The molecule has 0 fully saturated rings. The zero-order valence-corrected chi connectivity index (χ0v) is 15.1. The standard InChI is InChI=1S/C16H20ClFN4O2/c1-16(2,3)24-15(23)21(4)8-10-9-22(5)20-13(10)11-6-7-19-14(17)12(11)18/h6-7,9H,8H2,1-5H3. The molecule has 2 rings (SSSR count). The molecule has 2 aromatic heterocycles. The van der Waals surface area contributed by atoms with E-state index in [0.717, 1.165) is 0 Å². The molecule has 0 aliphatic heterocycles. The summed E-state index contributed by atoms with van der Waals surface area (Å²) in [5.41, 5.74) is 0.735. The highest BCUT2D eigenvalue weighted by molar-refractivity contribution is 6.29. The fourth-order valence-electron chi connectivity index (χ4n) is 2.14. The molecule has 2 heterocycles. The van der Waals surface area contributed by atoms with Crippen LogP contribution in [0.5, 0.6) is 0 Å². The van der Waals surface area contributed by atoms with Gasteiger partial charge in [0.1, 0.15) is 11.3 Å². The van der Waals surface area contributed by atoms with Crippen LogP contribution in [-0.4, -0.2) is 38.4 Å². The summed E-state index contributed by atoms with van der Waals surface area (Å²) in [6.07, 6.45) is 2.67. The third-order valence-electron chi connectivity index (χ3n) is 3.12. The van der Waals surface area contributed by atoms with Crippen molar-refractivity contribution in [2.24, 2.45) is 7.05 Å². The highest BCUT2D eigenvalue weighted by Crippen LogP contribution is 2.28. The Hall–Kier alpha value is -2.15. The monoisotopic (exact) mass is 354 g/mol. The summed E-state index contributed by atoms with van der Waals surface area (Å²) in [5.74, 6) is -0.640. The molecule has 0 bridgehead atoms. The second-order valence-corrected chi connectivity index (χ2v) is 6.83. The van der Waals surface area contributed by atoms with Gasteiger partial charge in [0.2, 0.25) is 0 Å². The van der Waals surface area contributed by atoms with Gasteiger partial charge in [-0.05, 0) is 26.8 Å². The van der Waals surface area contributed by atoms with Crippen LogP contribution in [0.15, 0.2) is 18.5 Å². The largest absolute Gasteiger partial charge is 0.444 e. The molecule has 0 saturated carbocycles. The number of hydrogen-bond donors (Lipinski definition) is 0. The summed E-state index contributed by atoms with van der Waals surface area (Å²) in [6, 6.07) is 1.50. The van der Waals surface area contributed by atoms with Gasteiger partial charge in [-0.3, -0.25) is 4.68 Å². The molecule has 130 valence electrons. The summed E-state index contributed by atoms with van der Waals surface area (Å²) in [6.45, 7) is 5.60. The Labute approximate surface area is 145 Å². The molecule has 0 N–H and O–H groups in total. The van der Waals surface area contributed by atoms with Crippen molar-refractivity contribution in [3.63, 3.8) is 0 Å². The van der Waals surface area contributed by atoms with Crippen molar-refractivity contribution < 1.29 is 13.9 Å². The van der Waals surface area contributed by atoms with Crippen LogP contribution < -0.4 is 0 Å². The second kappa shape index (κ2) is 6.76. The molecule has 0 saturated heterocycles. The third-order valence-corrected chi connectivity index (χ3v) is 3.38. The normalized spacial score (nSPS) is 11.5. The maximum absolute atomic E-state index is 14.2. The molecule has 0 radical (unpaired) electrons. The quantitative estimate of drug-likeness (QED) is 0.789. The lowest BCUT2D eigenvalue weighted by molar-refractivity contribution is 0.0285. The Morgan fingerprint density at radius 1 is 1.46 bits per heavy atom. The molecule has 24 heavy (non-hydrogen) atoms. The first-order chi connectivity index (χ1) is 11.1. The van der Waals surface area contributed by atoms with E-state index in [1.54, 1.807) is 45.7 Å². The average molecular weight is 355 g/mol. The number of aromatic nitrogens is 3. The van der Waals surface area contributed by atoms with E-state index < -0.39 is 17.5 Å². The van der Waals surface area contributed by atoms with Gasteiger partial charge >= 0.3 is 6.09 Å². The van der Waals surface area contributed by atoms with Crippen LogP contribution in [0.1, 0.15) is 26.3 Å². The molecule has 0 unspecified atom stereocenters. The first kappa shape index (κ1) is 18.2. The van der Waals surface area contributed by atoms with Gasteiger partial charge in [-0.1, -0.05) is 11.6 Å². The number of pyridine rings is 1. The Morgan fingerprint density at radius 3 is 2.75 bits per heavy atom. The minimum Gasteiger partial charge on any atom is -0.444 e. The number of halogens is 2. The van der Waals surface area contributed by atoms with Crippen molar-refractivity contribution in [2.45, 2.75) is 32.9 Å². The number of rotatable bonds is 3. The van der Waals surface area contributed by atoms with E-state index >= 15 is 0 Å². The Morgan fingerprint density at radius 2 is 2.12 bits per heavy atom. The molecule has 0 aliphatic carbocycles. The molecule has 0 spiro atoms. The smallest absolute Gasteiger partial charge is 0.410 e. The van der Waals surface area contributed by atoms with Gasteiger partial charge in [-0.25, -0.2) is 14.2 Å². The molecule has 0 aromatic carbocycles. The Bertz CT molecular complexity index is 755. The Balaban J connectivity index is 2.30. The van der Waals surface area contributed by atoms with Crippen LogP contribution in [0.25, 0.3) is 11.3 Å². The van der Waals surface area contributed by atoms with Crippen LogP contribution in [0, 0.1) is 5.82 Å². The van der Waals surface area contributed by atoms with E-state index in [1.165, 1.54) is 17.2 Å². The van der Waals surface area contributed by atoms with Gasteiger partial charge in [0.15, 0.2) is 11.0 Å². The van der Waals surface area contributed by atoms with Crippen LogP contribution in [0.4, 0.5) is 9.18 Å². The topological polar surface area (TPSA) is 60.2 Å². The van der Waals surface area contributed by atoms with Crippen molar-refractivity contribution in [1.29, 1.82) is 0 Å². The van der Waals surface area contributed by atoms with Gasteiger partial charge in [0, 0.05) is 37.6 Å². The zero-order chi connectivity index (χ0) is 18.1. The fourth-order valence-corrected chi connectivity index (χ4v) is 2.30. The lowest BCUT2D eigenvalue weighted by Gasteiger charge is -2.24. The van der Waals surface area contributed by atoms with E-state index in [2.05, 4.69) is 10.1 Å². The van der Waals surface area contributed by atoms with Crippen LogP contribution >= 0.6 is 11.6 Å². The molecular weight excluding hydrogens is 335 g/mol. The zero-order valence-electron chi connectivity index (χ0n) is 14.3. The SMILES string of the molecule is CN(Cc1cn(C)nc1-c1ccnc(Cl)c1F)C(=O)OC(C)(C)C. The molecule has 0 aliphatic rings. The number of nitrogens with zero attached hydrogens (tertiary/aromatic N) is 4. The van der Waals surface area contributed by atoms with Crippen molar-refractivity contribution in [1.82, 2.24) is 19.7 Å². The maximum Gasteiger partial charge on any atom is 0.410 e.